The predicted octanol–water partition coefficient (Wildman–Crippen LogP) is 5.08. The number of fused-ring (bicyclic) bond motifs is 2. The zero-order chi connectivity index (χ0) is 17.0. The van der Waals surface area contributed by atoms with Gasteiger partial charge in [0.1, 0.15) is 5.83 Å². The summed E-state index contributed by atoms with van der Waals surface area (Å²) >= 11 is 0. The normalized spacial score (nSPS) is 30.3. The Labute approximate surface area is 129 Å². The van der Waals surface area contributed by atoms with E-state index in [-0.39, 0.29) is 25.7 Å². The summed E-state index contributed by atoms with van der Waals surface area (Å²) in [5.41, 5.74) is -2.61. The van der Waals surface area contributed by atoms with Gasteiger partial charge in [-0.25, -0.2) is 4.39 Å². The summed E-state index contributed by atoms with van der Waals surface area (Å²) in [5, 5.41) is 9.02. The largest absolute Gasteiger partial charge is 0.505 e. The third-order valence-corrected chi connectivity index (χ3v) is 5.07. The number of ether oxygens (including phenoxy) is 1. The number of benzene rings is 1. The molecule has 3 aliphatic carbocycles. The van der Waals surface area contributed by atoms with Crippen LogP contribution >= 0.6 is 0 Å². The van der Waals surface area contributed by atoms with Crippen molar-refractivity contribution in [3.8, 4) is 11.5 Å². The maximum Gasteiger partial charge on any atom is 0.407 e. The van der Waals surface area contributed by atoms with Gasteiger partial charge in [0.2, 0.25) is 11.6 Å². The van der Waals surface area contributed by atoms with Gasteiger partial charge in [-0.2, -0.15) is 17.6 Å². The van der Waals surface area contributed by atoms with Gasteiger partial charge in [-0.3, -0.25) is 0 Å². The van der Waals surface area contributed by atoms with Gasteiger partial charge in [0, 0.05) is 5.41 Å². The number of rotatable bonds is 3. The summed E-state index contributed by atoms with van der Waals surface area (Å²) in [6.07, 6.45) is -2.58. The summed E-state index contributed by atoms with van der Waals surface area (Å²) < 4.78 is 74.7. The Bertz CT molecular complexity index is 675. The van der Waals surface area contributed by atoms with Crippen LogP contribution in [0, 0.1) is 22.5 Å². The van der Waals surface area contributed by atoms with Gasteiger partial charge in [-0.15, -0.1) is 0 Å². The zero-order valence-corrected chi connectivity index (χ0v) is 12.3. The molecule has 1 N–H and O–H groups in total. The van der Waals surface area contributed by atoms with Crippen LogP contribution in [0.2, 0.25) is 0 Å². The topological polar surface area (TPSA) is 29.5 Å². The van der Waals surface area contributed by atoms with Crippen molar-refractivity contribution in [2.75, 3.05) is 0 Å². The molecule has 2 bridgehead atoms. The molecule has 1 fully saturated rings. The van der Waals surface area contributed by atoms with Crippen molar-refractivity contribution >= 4 is 0 Å². The third kappa shape index (κ3) is 2.28. The summed E-state index contributed by atoms with van der Waals surface area (Å²) in [5.74, 6) is -6.02. The van der Waals surface area contributed by atoms with Crippen molar-refractivity contribution in [2.45, 2.75) is 38.7 Å². The molecule has 1 saturated carbocycles. The second-order valence-electron chi connectivity index (χ2n) is 6.54. The molecule has 126 valence electrons. The van der Waals surface area contributed by atoms with Gasteiger partial charge in [0.15, 0.2) is 11.5 Å². The SMILES string of the molecule is CC12CCC(C(F)(F)Oc3ccc(O)c(F)c3F)(C=C1F)CC2. The molecule has 4 rings (SSSR count). The Hall–Kier alpha value is -1.79. The summed E-state index contributed by atoms with van der Waals surface area (Å²) in [6.45, 7) is 1.68. The number of allylic oxidation sites excluding steroid dienone is 1. The fourth-order valence-electron chi connectivity index (χ4n) is 3.26. The van der Waals surface area contributed by atoms with Crippen LogP contribution in [0.25, 0.3) is 0 Å². The maximum absolute atomic E-state index is 14.6. The second-order valence-corrected chi connectivity index (χ2v) is 6.54. The zero-order valence-electron chi connectivity index (χ0n) is 12.3. The first-order valence-electron chi connectivity index (χ1n) is 7.23. The highest BCUT2D eigenvalue weighted by Crippen LogP contribution is 2.61. The van der Waals surface area contributed by atoms with Crippen LogP contribution in [0.5, 0.6) is 11.5 Å². The Morgan fingerprint density at radius 2 is 1.65 bits per heavy atom. The van der Waals surface area contributed by atoms with Crippen LogP contribution in [-0.4, -0.2) is 11.2 Å². The van der Waals surface area contributed by atoms with Gasteiger partial charge in [0.05, 0.1) is 5.41 Å². The van der Waals surface area contributed by atoms with Crippen LogP contribution in [-0.2, 0) is 0 Å². The number of alkyl halides is 2. The van der Waals surface area contributed by atoms with Crippen molar-refractivity contribution in [3.05, 3.63) is 35.7 Å². The molecule has 2 nitrogen and oxygen atoms in total. The molecule has 0 saturated heterocycles. The summed E-state index contributed by atoms with van der Waals surface area (Å²) in [4.78, 5) is 0. The lowest BCUT2D eigenvalue weighted by Crippen LogP contribution is -2.51. The van der Waals surface area contributed by atoms with E-state index in [9.17, 15) is 22.0 Å². The van der Waals surface area contributed by atoms with Crippen LogP contribution in [0.15, 0.2) is 24.0 Å². The first-order valence-corrected chi connectivity index (χ1v) is 7.23. The molecule has 0 heterocycles. The van der Waals surface area contributed by atoms with E-state index in [1.807, 2.05) is 0 Å². The molecule has 1 aromatic carbocycles. The summed E-state index contributed by atoms with van der Waals surface area (Å²) in [7, 11) is 0. The lowest BCUT2D eigenvalue weighted by atomic mass is 9.58. The minimum absolute atomic E-state index is 0.00783. The highest BCUT2D eigenvalue weighted by molar-refractivity contribution is 5.35. The van der Waals surface area contributed by atoms with Crippen molar-refractivity contribution in [3.63, 3.8) is 0 Å². The molecule has 0 unspecified atom stereocenters. The number of aromatic hydroxyl groups is 1. The van der Waals surface area contributed by atoms with Crippen molar-refractivity contribution < 1.29 is 31.8 Å². The molecule has 0 aliphatic heterocycles. The molecular formula is C16H15F5O2. The molecule has 0 aromatic heterocycles. The Kier molecular flexibility index (Phi) is 3.39. The minimum atomic E-state index is -3.91. The van der Waals surface area contributed by atoms with Gasteiger partial charge >= 0.3 is 6.11 Å². The highest BCUT2D eigenvalue weighted by atomic mass is 19.3. The molecule has 0 amide bonds. The average molecular weight is 334 g/mol. The van der Waals surface area contributed by atoms with Gasteiger partial charge in [0.25, 0.3) is 0 Å². The quantitative estimate of drug-likeness (QED) is 0.782. The van der Waals surface area contributed by atoms with E-state index in [1.165, 1.54) is 0 Å². The molecule has 0 radical (unpaired) electrons. The Balaban J connectivity index is 1.96. The summed E-state index contributed by atoms with van der Waals surface area (Å²) in [6, 6.07) is 1.44. The predicted molar refractivity (Wildman–Crippen MR) is 71.8 cm³/mol. The van der Waals surface area contributed by atoms with E-state index in [1.54, 1.807) is 6.92 Å². The Morgan fingerprint density at radius 3 is 2.22 bits per heavy atom. The average Bonchev–Trinajstić information content (AvgIpc) is 2.49. The first kappa shape index (κ1) is 16.1. The fraction of sp³-hybridized carbons (Fsp3) is 0.500. The van der Waals surface area contributed by atoms with E-state index in [0.29, 0.717) is 6.07 Å². The molecule has 3 aliphatic rings. The molecule has 23 heavy (non-hydrogen) atoms. The number of halogens is 5. The van der Waals surface area contributed by atoms with Crippen LogP contribution < -0.4 is 4.74 Å². The lowest BCUT2D eigenvalue weighted by Gasteiger charge is -2.50. The van der Waals surface area contributed by atoms with E-state index >= 15 is 0 Å². The highest BCUT2D eigenvalue weighted by Gasteiger charge is 2.61. The molecule has 0 atom stereocenters. The number of hydrogen-bond donors (Lipinski definition) is 1. The first-order chi connectivity index (χ1) is 10.6. The Morgan fingerprint density at radius 1 is 1.04 bits per heavy atom. The number of phenolic OH excluding ortho intramolecular Hbond substituents is 1. The van der Waals surface area contributed by atoms with E-state index in [0.717, 1.165) is 12.1 Å². The minimum Gasteiger partial charge on any atom is -0.505 e. The van der Waals surface area contributed by atoms with Crippen LogP contribution in [0.1, 0.15) is 32.6 Å². The fourth-order valence-corrected chi connectivity index (χ4v) is 3.26. The van der Waals surface area contributed by atoms with E-state index < -0.39 is 45.9 Å². The van der Waals surface area contributed by atoms with Crippen LogP contribution in [0.3, 0.4) is 0 Å². The number of phenols is 1. The standard InChI is InChI=1S/C16H15F5O2/c1-14-4-6-15(7-5-14,8-11(14)17)16(20,21)23-10-3-2-9(22)12(18)13(10)19/h2-3,8,22H,4-7H2,1H3. The maximum atomic E-state index is 14.6. The van der Waals surface area contributed by atoms with Crippen molar-refractivity contribution in [2.24, 2.45) is 10.8 Å². The smallest absolute Gasteiger partial charge is 0.407 e. The number of hydrogen-bond acceptors (Lipinski definition) is 2. The molecule has 7 heteroatoms. The van der Waals surface area contributed by atoms with E-state index in [4.69, 9.17) is 5.11 Å². The lowest BCUT2D eigenvalue weighted by molar-refractivity contribution is -0.261. The van der Waals surface area contributed by atoms with Crippen molar-refractivity contribution in [1.82, 2.24) is 0 Å². The van der Waals surface area contributed by atoms with Gasteiger partial charge in [-0.05, 0) is 43.9 Å². The van der Waals surface area contributed by atoms with E-state index in [2.05, 4.69) is 4.74 Å². The molecule has 0 spiro atoms. The monoisotopic (exact) mass is 334 g/mol. The van der Waals surface area contributed by atoms with Gasteiger partial charge < -0.3 is 9.84 Å². The van der Waals surface area contributed by atoms with Gasteiger partial charge in [-0.1, -0.05) is 6.92 Å². The molecular weight excluding hydrogens is 319 g/mol. The third-order valence-electron chi connectivity index (χ3n) is 5.07. The van der Waals surface area contributed by atoms with Crippen molar-refractivity contribution in [1.29, 1.82) is 0 Å². The molecule has 1 aromatic rings. The second kappa shape index (κ2) is 4.85. The van der Waals surface area contributed by atoms with Crippen LogP contribution in [0.4, 0.5) is 22.0 Å².